The maximum absolute atomic E-state index is 11.9. The molecule has 0 aliphatic heterocycles. The molecule has 0 amide bonds. The molecular formula is C16H14O. The third-order valence-electron chi connectivity index (χ3n) is 2.68. The van der Waals surface area contributed by atoms with Gasteiger partial charge in [0.2, 0.25) is 0 Å². The minimum absolute atomic E-state index is 0.150. The Morgan fingerprint density at radius 3 is 2.24 bits per heavy atom. The van der Waals surface area contributed by atoms with Gasteiger partial charge in [0, 0.05) is 12.0 Å². The molecule has 0 saturated heterocycles. The summed E-state index contributed by atoms with van der Waals surface area (Å²) in [5.74, 6) is 0.150. The molecule has 0 unspecified atom stereocenters. The van der Waals surface area contributed by atoms with Crippen molar-refractivity contribution in [1.29, 1.82) is 0 Å². The molecule has 0 heterocycles. The van der Waals surface area contributed by atoms with Crippen LogP contribution in [0.25, 0.3) is 6.08 Å². The molecule has 0 spiro atoms. The summed E-state index contributed by atoms with van der Waals surface area (Å²) < 4.78 is 0. The van der Waals surface area contributed by atoms with Crippen LogP contribution < -0.4 is 0 Å². The quantitative estimate of drug-likeness (QED) is 0.720. The first kappa shape index (κ1) is 11.3. The van der Waals surface area contributed by atoms with Gasteiger partial charge in [-0.15, -0.1) is 0 Å². The van der Waals surface area contributed by atoms with E-state index in [9.17, 15) is 4.79 Å². The molecule has 0 N–H and O–H groups in total. The monoisotopic (exact) mass is 222 g/mol. The van der Waals surface area contributed by atoms with Gasteiger partial charge in [-0.05, 0) is 11.1 Å². The summed E-state index contributed by atoms with van der Waals surface area (Å²) in [5.41, 5.74) is 2.87. The smallest absolute Gasteiger partial charge is 0.167 e. The second-order valence-electron chi connectivity index (χ2n) is 3.91. The fourth-order valence-corrected chi connectivity index (χ4v) is 1.68. The van der Waals surface area contributed by atoms with Gasteiger partial charge in [-0.2, -0.15) is 0 Å². The van der Waals surface area contributed by atoms with Crippen LogP contribution in [-0.4, -0.2) is 5.78 Å². The first-order valence-corrected chi connectivity index (χ1v) is 5.59. The zero-order chi connectivity index (χ0) is 12.1. The molecule has 0 bridgehead atoms. The Morgan fingerprint density at radius 2 is 1.65 bits per heavy atom. The number of rotatable bonds is 4. The Kier molecular flexibility index (Phi) is 3.51. The summed E-state index contributed by atoms with van der Waals surface area (Å²) in [4.78, 5) is 11.9. The van der Waals surface area contributed by atoms with Crippen molar-refractivity contribution < 1.29 is 4.79 Å². The third kappa shape index (κ3) is 2.91. The summed E-state index contributed by atoms with van der Waals surface area (Å²) in [5, 5.41) is 0. The van der Waals surface area contributed by atoms with Crippen LogP contribution in [0.4, 0.5) is 0 Å². The number of carbonyl (C=O) groups excluding carboxylic acids is 1. The Bertz CT molecular complexity index is 509. The molecule has 0 radical (unpaired) electrons. The van der Waals surface area contributed by atoms with Crippen LogP contribution in [0.15, 0.2) is 61.2 Å². The van der Waals surface area contributed by atoms with E-state index >= 15 is 0 Å². The summed E-state index contributed by atoms with van der Waals surface area (Å²) in [6.45, 7) is 3.70. The molecule has 0 aromatic heterocycles. The zero-order valence-electron chi connectivity index (χ0n) is 9.60. The molecule has 84 valence electrons. The van der Waals surface area contributed by atoms with Gasteiger partial charge >= 0.3 is 0 Å². The van der Waals surface area contributed by atoms with E-state index in [4.69, 9.17) is 0 Å². The van der Waals surface area contributed by atoms with Crippen LogP contribution in [-0.2, 0) is 6.42 Å². The minimum Gasteiger partial charge on any atom is -0.294 e. The molecule has 0 atom stereocenters. The molecule has 1 nitrogen and oxygen atoms in total. The normalized spacial score (nSPS) is 9.88. The van der Waals surface area contributed by atoms with Crippen molar-refractivity contribution in [2.24, 2.45) is 0 Å². The van der Waals surface area contributed by atoms with Gasteiger partial charge in [-0.1, -0.05) is 67.3 Å². The predicted molar refractivity (Wildman–Crippen MR) is 71.0 cm³/mol. The van der Waals surface area contributed by atoms with Crippen molar-refractivity contribution in [3.05, 3.63) is 77.9 Å². The van der Waals surface area contributed by atoms with E-state index in [1.54, 1.807) is 6.08 Å². The van der Waals surface area contributed by atoms with Gasteiger partial charge in [0.1, 0.15) is 0 Å². The van der Waals surface area contributed by atoms with Gasteiger partial charge in [0.05, 0.1) is 0 Å². The van der Waals surface area contributed by atoms with Crippen molar-refractivity contribution in [2.45, 2.75) is 6.42 Å². The number of ketones is 1. The van der Waals surface area contributed by atoms with E-state index in [2.05, 4.69) is 6.58 Å². The van der Waals surface area contributed by atoms with Crippen molar-refractivity contribution in [3.63, 3.8) is 0 Å². The molecule has 0 aliphatic rings. The van der Waals surface area contributed by atoms with E-state index in [1.807, 2.05) is 54.6 Å². The number of benzene rings is 2. The van der Waals surface area contributed by atoms with E-state index in [0.29, 0.717) is 6.42 Å². The lowest BCUT2D eigenvalue weighted by Crippen LogP contribution is -2.02. The van der Waals surface area contributed by atoms with Crippen molar-refractivity contribution in [2.75, 3.05) is 0 Å². The molecule has 0 fully saturated rings. The second kappa shape index (κ2) is 5.26. The van der Waals surface area contributed by atoms with Crippen LogP contribution in [0.3, 0.4) is 0 Å². The predicted octanol–water partition coefficient (Wildman–Crippen LogP) is 3.76. The molecule has 17 heavy (non-hydrogen) atoms. The highest BCUT2D eigenvalue weighted by molar-refractivity contribution is 5.97. The molecule has 1 heteroatoms. The highest BCUT2D eigenvalue weighted by Gasteiger charge is 2.05. The van der Waals surface area contributed by atoms with Crippen LogP contribution in [0.2, 0.25) is 0 Å². The molecule has 0 saturated carbocycles. The fraction of sp³-hybridized carbons (Fsp3) is 0.0625. The van der Waals surface area contributed by atoms with Crippen molar-refractivity contribution in [3.8, 4) is 0 Å². The average Bonchev–Trinajstić information content (AvgIpc) is 2.40. The lowest BCUT2D eigenvalue weighted by Gasteiger charge is -2.02. The van der Waals surface area contributed by atoms with Crippen LogP contribution in [0, 0.1) is 0 Å². The number of hydrogen-bond acceptors (Lipinski definition) is 1. The largest absolute Gasteiger partial charge is 0.294 e. The summed E-state index contributed by atoms with van der Waals surface area (Å²) in [7, 11) is 0. The first-order chi connectivity index (χ1) is 8.29. The van der Waals surface area contributed by atoms with Crippen LogP contribution in [0.1, 0.15) is 21.5 Å². The van der Waals surface area contributed by atoms with Crippen LogP contribution >= 0.6 is 0 Å². The average molecular weight is 222 g/mol. The highest BCUT2D eigenvalue weighted by Crippen LogP contribution is 2.09. The lowest BCUT2D eigenvalue weighted by atomic mass is 10.0. The molecule has 0 aliphatic carbocycles. The van der Waals surface area contributed by atoms with Gasteiger partial charge in [-0.25, -0.2) is 0 Å². The SMILES string of the molecule is C=Cc1ccc(CC(=O)c2ccccc2)cc1. The van der Waals surface area contributed by atoms with Gasteiger partial charge < -0.3 is 0 Å². The molecule has 2 rings (SSSR count). The number of hydrogen-bond donors (Lipinski definition) is 0. The first-order valence-electron chi connectivity index (χ1n) is 5.59. The molecular weight excluding hydrogens is 208 g/mol. The van der Waals surface area contributed by atoms with E-state index < -0.39 is 0 Å². The van der Waals surface area contributed by atoms with E-state index in [-0.39, 0.29) is 5.78 Å². The van der Waals surface area contributed by atoms with E-state index in [1.165, 1.54) is 0 Å². The lowest BCUT2D eigenvalue weighted by molar-refractivity contribution is 0.0993. The Morgan fingerprint density at radius 1 is 1.00 bits per heavy atom. The van der Waals surface area contributed by atoms with Gasteiger partial charge in [0.15, 0.2) is 5.78 Å². The highest BCUT2D eigenvalue weighted by atomic mass is 16.1. The van der Waals surface area contributed by atoms with E-state index in [0.717, 1.165) is 16.7 Å². The Balaban J connectivity index is 2.10. The van der Waals surface area contributed by atoms with Gasteiger partial charge in [0.25, 0.3) is 0 Å². The molecule has 2 aromatic carbocycles. The minimum atomic E-state index is 0.150. The van der Waals surface area contributed by atoms with Gasteiger partial charge in [-0.3, -0.25) is 4.79 Å². The summed E-state index contributed by atoms with van der Waals surface area (Å²) >= 11 is 0. The number of Topliss-reactive ketones (excluding diaryl/α,β-unsaturated/α-hetero) is 1. The third-order valence-corrected chi connectivity index (χ3v) is 2.68. The van der Waals surface area contributed by atoms with Crippen molar-refractivity contribution >= 4 is 11.9 Å². The maximum atomic E-state index is 11.9. The summed E-state index contributed by atoms with van der Waals surface area (Å²) in [6, 6.07) is 17.3. The molecule has 2 aromatic rings. The Hall–Kier alpha value is -2.15. The summed E-state index contributed by atoms with van der Waals surface area (Å²) in [6.07, 6.45) is 2.24. The van der Waals surface area contributed by atoms with Crippen LogP contribution in [0.5, 0.6) is 0 Å². The van der Waals surface area contributed by atoms with Crippen molar-refractivity contribution in [1.82, 2.24) is 0 Å². The number of carbonyl (C=O) groups is 1. The fourth-order valence-electron chi connectivity index (χ4n) is 1.68. The Labute approximate surface area is 101 Å². The second-order valence-corrected chi connectivity index (χ2v) is 3.91. The zero-order valence-corrected chi connectivity index (χ0v) is 9.60. The standard InChI is InChI=1S/C16H14O/c1-2-13-8-10-14(11-9-13)12-16(17)15-6-4-3-5-7-15/h2-11H,1,12H2. The topological polar surface area (TPSA) is 17.1 Å². The maximum Gasteiger partial charge on any atom is 0.167 e.